The van der Waals surface area contributed by atoms with Crippen LogP contribution in [0.3, 0.4) is 0 Å². The highest BCUT2D eigenvalue weighted by Crippen LogP contribution is 2.51. The van der Waals surface area contributed by atoms with Crippen molar-refractivity contribution in [3.8, 4) is 11.5 Å². The number of aryl methyl sites for hydroxylation is 1. The zero-order chi connectivity index (χ0) is 21.4. The molecule has 1 fully saturated rings. The Morgan fingerprint density at radius 1 is 1.03 bits per heavy atom. The molecule has 4 heteroatoms. The van der Waals surface area contributed by atoms with Gasteiger partial charge in [-0.25, -0.2) is 0 Å². The van der Waals surface area contributed by atoms with Crippen LogP contribution in [0.15, 0.2) is 30.3 Å². The number of benzene rings is 2. The molecule has 2 aromatic carbocycles. The number of carbonyl (C=O) groups is 1. The third-order valence-corrected chi connectivity index (χ3v) is 10.2. The predicted octanol–water partition coefficient (Wildman–Crippen LogP) is 6.50. The minimum atomic E-state index is -1.37. The minimum absolute atomic E-state index is 0.0771. The summed E-state index contributed by atoms with van der Waals surface area (Å²) in [5.41, 5.74) is 1.95. The SMILES string of the molecule is COc1ccc(OC)c2cc(CC[C@]3(C)CC(=O)C[C@H]([Si](C)(C)C)[C@H]3C)ccc12. The van der Waals surface area contributed by atoms with Crippen molar-refractivity contribution in [2.45, 2.75) is 64.7 Å². The fourth-order valence-electron chi connectivity index (χ4n) is 5.25. The van der Waals surface area contributed by atoms with E-state index in [1.165, 1.54) is 5.56 Å². The number of hydrogen-bond acceptors (Lipinski definition) is 3. The van der Waals surface area contributed by atoms with Crippen LogP contribution in [0.2, 0.25) is 25.2 Å². The van der Waals surface area contributed by atoms with E-state index >= 15 is 0 Å². The summed E-state index contributed by atoms with van der Waals surface area (Å²) in [4.78, 5) is 12.6. The normalized spacial score (nSPS) is 25.3. The van der Waals surface area contributed by atoms with Crippen molar-refractivity contribution in [3.63, 3.8) is 0 Å². The second-order valence-electron chi connectivity index (χ2n) is 10.2. The molecule has 0 radical (unpaired) electrons. The first-order chi connectivity index (χ1) is 13.6. The van der Waals surface area contributed by atoms with E-state index in [9.17, 15) is 4.79 Å². The lowest BCUT2D eigenvalue weighted by molar-refractivity contribution is -0.125. The molecule has 1 aliphatic rings. The van der Waals surface area contributed by atoms with Crippen LogP contribution in [0.4, 0.5) is 0 Å². The number of methoxy groups -OCH3 is 2. The summed E-state index contributed by atoms with van der Waals surface area (Å²) < 4.78 is 11.1. The number of Topliss-reactive ketones (excluding diaryl/α,β-unsaturated/α-hetero) is 1. The highest BCUT2D eigenvalue weighted by molar-refractivity contribution is 6.77. The van der Waals surface area contributed by atoms with Crippen LogP contribution in [0.1, 0.15) is 38.7 Å². The van der Waals surface area contributed by atoms with Gasteiger partial charge in [-0.05, 0) is 53.5 Å². The second-order valence-corrected chi connectivity index (χ2v) is 15.7. The lowest BCUT2D eigenvalue weighted by atomic mass is 9.65. The molecule has 2 aromatic rings. The van der Waals surface area contributed by atoms with Gasteiger partial charge in [-0.15, -0.1) is 0 Å². The third-order valence-electron chi connectivity index (χ3n) is 7.29. The van der Waals surface area contributed by atoms with Crippen molar-refractivity contribution in [3.05, 3.63) is 35.9 Å². The molecule has 0 bridgehead atoms. The first-order valence-corrected chi connectivity index (χ1v) is 14.3. The fourth-order valence-corrected chi connectivity index (χ4v) is 7.99. The summed E-state index contributed by atoms with van der Waals surface area (Å²) in [5, 5.41) is 2.16. The zero-order valence-corrected chi connectivity index (χ0v) is 20.1. The second kappa shape index (κ2) is 8.14. The summed E-state index contributed by atoms with van der Waals surface area (Å²) >= 11 is 0. The van der Waals surface area contributed by atoms with Crippen LogP contribution in [-0.4, -0.2) is 28.1 Å². The molecule has 0 amide bonds. The van der Waals surface area contributed by atoms with E-state index in [0.717, 1.165) is 48.0 Å². The first kappa shape index (κ1) is 21.9. The summed E-state index contributed by atoms with van der Waals surface area (Å²) in [7, 11) is 2.04. The Hall–Kier alpha value is -1.81. The lowest BCUT2D eigenvalue weighted by Gasteiger charge is -2.48. The molecule has 3 rings (SSSR count). The maximum absolute atomic E-state index is 12.6. The smallest absolute Gasteiger partial charge is 0.133 e. The number of carbonyl (C=O) groups excluding carboxylic acids is 1. The Balaban J connectivity index is 1.86. The Morgan fingerprint density at radius 2 is 1.66 bits per heavy atom. The Bertz CT molecular complexity index is 899. The van der Waals surface area contributed by atoms with E-state index in [-0.39, 0.29) is 5.41 Å². The number of rotatable bonds is 6. The van der Waals surface area contributed by atoms with Crippen LogP contribution >= 0.6 is 0 Å². The average molecular weight is 413 g/mol. The van der Waals surface area contributed by atoms with Crippen molar-refractivity contribution in [1.82, 2.24) is 0 Å². The standard InChI is InChI=1S/C25H36O3Si/c1-17-24(29(5,6)7)15-19(26)16-25(17,2)13-12-18-8-9-20-21(14-18)23(28-4)11-10-22(20)27-3/h8-11,14,17,24H,12-13,15-16H2,1-7H3/t17-,24+,25-/m1/s1. The molecule has 0 saturated heterocycles. The summed E-state index contributed by atoms with van der Waals surface area (Å²) in [5.74, 6) is 2.78. The van der Waals surface area contributed by atoms with Gasteiger partial charge >= 0.3 is 0 Å². The molecule has 29 heavy (non-hydrogen) atoms. The van der Waals surface area contributed by atoms with Crippen molar-refractivity contribution >= 4 is 24.6 Å². The van der Waals surface area contributed by atoms with Gasteiger partial charge in [0.05, 0.1) is 14.2 Å². The average Bonchev–Trinajstić information content (AvgIpc) is 2.67. The fraction of sp³-hybridized carbons (Fsp3) is 0.560. The van der Waals surface area contributed by atoms with E-state index in [0.29, 0.717) is 17.2 Å². The van der Waals surface area contributed by atoms with Gasteiger partial charge in [0, 0.05) is 31.7 Å². The number of fused-ring (bicyclic) bond motifs is 1. The molecule has 3 nitrogen and oxygen atoms in total. The van der Waals surface area contributed by atoms with Gasteiger partial charge in [0.1, 0.15) is 17.3 Å². The predicted molar refractivity (Wildman–Crippen MR) is 124 cm³/mol. The van der Waals surface area contributed by atoms with Crippen molar-refractivity contribution in [1.29, 1.82) is 0 Å². The van der Waals surface area contributed by atoms with Gasteiger partial charge in [-0.2, -0.15) is 0 Å². The molecule has 0 heterocycles. The Labute approximate surface area is 176 Å². The minimum Gasteiger partial charge on any atom is -0.496 e. The van der Waals surface area contributed by atoms with Crippen LogP contribution in [-0.2, 0) is 11.2 Å². The Kier molecular flexibility index (Phi) is 6.14. The number of ether oxygens (including phenoxy) is 2. The topological polar surface area (TPSA) is 35.5 Å². The van der Waals surface area contributed by atoms with Gasteiger partial charge in [0.15, 0.2) is 0 Å². The summed E-state index contributed by atoms with van der Waals surface area (Å²) in [6, 6.07) is 10.5. The van der Waals surface area contributed by atoms with Crippen molar-refractivity contribution < 1.29 is 14.3 Å². The van der Waals surface area contributed by atoms with E-state index in [4.69, 9.17) is 9.47 Å². The quantitative estimate of drug-likeness (QED) is 0.508. The van der Waals surface area contributed by atoms with Gasteiger partial charge in [-0.1, -0.05) is 45.6 Å². The molecule has 0 aromatic heterocycles. The van der Waals surface area contributed by atoms with Crippen LogP contribution < -0.4 is 9.47 Å². The molecular weight excluding hydrogens is 376 g/mol. The maximum Gasteiger partial charge on any atom is 0.133 e. The highest BCUT2D eigenvalue weighted by atomic mass is 28.3. The molecular formula is C25H36O3Si. The maximum atomic E-state index is 12.6. The molecule has 3 atom stereocenters. The molecule has 1 saturated carbocycles. The van der Waals surface area contributed by atoms with Crippen LogP contribution in [0.5, 0.6) is 11.5 Å². The van der Waals surface area contributed by atoms with Crippen LogP contribution in [0, 0.1) is 11.3 Å². The van der Waals surface area contributed by atoms with E-state index in [1.54, 1.807) is 14.2 Å². The third kappa shape index (κ3) is 4.37. The van der Waals surface area contributed by atoms with Gasteiger partial charge in [0.2, 0.25) is 0 Å². The van der Waals surface area contributed by atoms with Crippen molar-refractivity contribution in [2.24, 2.45) is 11.3 Å². The summed E-state index contributed by atoms with van der Waals surface area (Å²) in [6.45, 7) is 12.0. The lowest BCUT2D eigenvalue weighted by Crippen LogP contribution is -2.45. The van der Waals surface area contributed by atoms with E-state index < -0.39 is 8.07 Å². The molecule has 158 valence electrons. The zero-order valence-electron chi connectivity index (χ0n) is 19.1. The molecule has 0 N–H and O–H groups in total. The number of hydrogen-bond donors (Lipinski definition) is 0. The van der Waals surface area contributed by atoms with E-state index in [1.807, 2.05) is 12.1 Å². The number of ketones is 1. The van der Waals surface area contributed by atoms with Gasteiger partial charge in [0.25, 0.3) is 0 Å². The molecule has 0 aliphatic heterocycles. The molecule has 0 unspecified atom stereocenters. The largest absolute Gasteiger partial charge is 0.496 e. The van der Waals surface area contributed by atoms with E-state index in [2.05, 4.69) is 51.7 Å². The molecule has 1 aliphatic carbocycles. The summed E-state index contributed by atoms with van der Waals surface area (Å²) in [6.07, 6.45) is 3.53. The highest BCUT2D eigenvalue weighted by Gasteiger charge is 2.46. The van der Waals surface area contributed by atoms with Gasteiger partial charge in [-0.3, -0.25) is 4.79 Å². The monoisotopic (exact) mass is 412 g/mol. The van der Waals surface area contributed by atoms with Crippen LogP contribution in [0.25, 0.3) is 10.8 Å². The van der Waals surface area contributed by atoms with Crippen molar-refractivity contribution in [2.75, 3.05) is 14.2 Å². The van der Waals surface area contributed by atoms with Gasteiger partial charge < -0.3 is 9.47 Å². The first-order valence-electron chi connectivity index (χ1n) is 10.7. The molecule has 0 spiro atoms. The Morgan fingerprint density at radius 3 is 2.24 bits per heavy atom.